The van der Waals surface area contributed by atoms with E-state index in [9.17, 15) is 24.2 Å². The second kappa shape index (κ2) is 47.9. The van der Waals surface area contributed by atoms with E-state index in [4.69, 9.17) is 13.8 Å². The van der Waals surface area contributed by atoms with Gasteiger partial charge in [0.2, 0.25) is 5.91 Å². The number of esters is 1. The molecule has 0 aliphatic rings. The van der Waals surface area contributed by atoms with Crippen molar-refractivity contribution in [2.75, 3.05) is 26.4 Å². The summed E-state index contributed by atoms with van der Waals surface area (Å²) in [6, 6.07) is 0. The van der Waals surface area contributed by atoms with Gasteiger partial charge in [0.1, 0.15) is 12.7 Å². The molecule has 0 aliphatic carbocycles. The quantitative estimate of drug-likeness (QED) is 0.0238. The van der Waals surface area contributed by atoms with Crippen molar-refractivity contribution in [2.24, 2.45) is 0 Å². The molecule has 0 radical (unpaired) electrons. The maximum absolute atomic E-state index is 12.1. The lowest BCUT2D eigenvalue weighted by atomic mass is 10.1. The second-order valence-corrected chi connectivity index (χ2v) is 17.9. The van der Waals surface area contributed by atoms with Crippen LogP contribution in [0.15, 0.2) is 72.9 Å². The van der Waals surface area contributed by atoms with E-state index in [1.54, 1.807) is 0 Å². The fraction of sp³-hybridized carbons (Fsp3) is 0.731. The number of hydrogen-bond acceptors (Lipinski definition) is 7. The smallest absolute Gasteiger partial charge is 0.463 e. The maximum Gasteiger partial charge on any atom is 0.472 e. The van der Waals surface area contributed by atoms with E-state index in [1.807, 2.05) is 0 Å². The largest absolute Gasteiger partial charge is 0.472 e. The Morgan fingerprint density at radius 3 is 1.40 bits per heavy atom. The van der Waals surface area contributed by atoms with E-state index in [2.05, 4.69) is 92.1 Å². The molecule has 0 bridgehead atoms. The maximum atomic E-state index is 12.1. The van der Waals surface area contributed by atoms with Crippen LogP contribution in [0.3, 0.4) is 0 Å². The first-order valence-corrected chi connectivity index (χ1v) is 26.4. The van der Waals surface area contributed by atoms with Gasteiger partial charge in [-0.1, -0.05) is 189 Å². The van der Waals surface area contributed by atoms with Gasteiger partial charge in [0.05, 0.1) is 13.2 Å². The van der Waals surface area contributed by atoms with Gasteiger partial charge in [0.25, 0.3) is 0 Å². The summed E-state index contributed by atoms with van der Waals surface area (Å²) in [5.41, 5.74) is 0. The summed E-state index contributed by atoms with van der Waals surface area (Å²) in [6.45, 7) is 3.43. The summed E-state index contributed by atoms with van der Waals surface area (Å²) in [4.78, 5) is 34.0. The summed E-state index contributed by atoms with van der Waals surface area (Å²) in [6.07, 6.45) is 59.8. The SMILES string of the molecule is CC/C=C\C/C=C\C/C=C\C/C=C\C/C=C\CCCCCCCCCC(=O)NCCOP(=O)(O)OCC(O)COC(=O)CCCCCCCCC/C=C\CCCCCCCCC. The van der Waals surface area contributed by atoms with Crippen LogP contribution < -0.4 is 5.32 Å². The van der Waals surface area contributed by atoms with Gasteiger partial charge in [-0.05, 0) is 83.5 Å². The number of hydrogen-bond donors (Lipinski definition) is 3. The molecule has 9 nitrogen and oxygen atoms in total. The molecule has 62 heavy (non-hydrogen) atoms. The molecule has 3 N–H and O–H groups in total. The average Bonchev–Trinajstić information content (AvgIpc) is 3.26. The van der Waals surface area contributed by atoms with Gasteiger partial charge < -0.3 is 20.1 Å². The van der Waals surface area contributed by atoms with Gasteiger partial charge in [-0.3, -0.25) is 18.6 Å². The minimum absolute atomic E-state index is 0.0713. The second-order valence-electron chi connectivity index (χ2n) is 16.4. The van der Waals surface area contributed by atoms with Crippen molar-refractivity contribution in [3.05, 3.63) is 72.9 Å². The van der Waals surface area contributed by atoms with Crippen LogP contribution in [0.25, 0.3) is 0 Å². The number of unbranched alkanes of at least 4 members (excludes halogenated alkanes) is 21. The highest BCUT2D eigenvalue weighted by atomic mass is 31.2. The molecule has 0 aliphatic heterocycles. The topological polar surface area (TPSA) is 131 Å². The molecule has 358 valence electrons. The van der Waals surface area contributed by atoms with Crippen molar-refractivity contribution in [3.8, 4) is 0 Å². The van der Waals surface area contributed by atoms with E-state index in [0.717, 1.165) is 89.9 Å². The Kier molecular flexibility index (Phi) is 45.9. The molecule has 2 atom stereocenters. The highest BCUT2D eigenvalue weighted by Gasteiger charge is 2.23. The Morgan fingerprint density at radius 1 is 0.516 bits per heavy atom. The molecule has 0 aromatic rings. The van der Waals surface area contributed by atoms with Crippen molar-refractivity contribution in [3.63, 3.8) is 0 Å². The summed E-state index contributed by atoms with van der Waals surface area (Å²) in [5.74, 6) is -0.533. The van der Waals surface area contributed by atoms with Crippen LogP contribution in [-0.2, 0) is 27.9 Å². The minimum atomic E-state index is -4.43. The first-order chi connectivity index (χ1) is 30.3. The molecule has 0 heterocycles. The van der Waals surface area contributed by atoms with Crippen molar-refractivity contribution in [2.45, 2.75) is 219 Å². The Bertz CT molecular complexity index is 1240. The molecule has 0 fully saturated rings. The van der Waals surface area contributed by atoms with Crippen LogP contribution in [0, 0.1) is 0 Å². The number of nitrogens with one attached hydrogen (secondary N) is 1. The predicted octanol–water partition coefficient (Wildman–Crippen LogP) is 14.6. The number of phosphoric ester groups is 1. The zero-order valence-corrected chi connectivity index (χ0v) is 40.4. The third-order valence-corrected chi connectivity index (χ3v) is 11.4. The molecule has 0 spiro atoms. The van der Waals surface area contributed by atoms with Gasteiger partial charge in [-0.15, -0.1) is 0 Å². The Morgan fingerprint density at radius 2 is 0.919 bits per heavy atom. The fourth-order valence-corrected chi connectivity index (χ4v) is 7.39. The summed E-state index contributed by atoms with van der Waals surface area (Å²) >= 11 is 0. The van der Waals surface area contributed by atoms with Crippen LogP contribution in [0.5, 0.6) is 0 Å². The van der Waals surface area contributed by atoms with Crippen LogP contribution in [0.2, 0.25) is 0 Å². The van der Waals surface area contributed by atoms with E-state index in [1.165, 1.54) is 96.3 Å². The van der Waals surface area contributed by atoms with E-state index >= 15 is 0 Å². The summed E-state index contributed by atoms with van der Waals surface area (Å²) in [7, 11) is -4.43. The molecule has 0 saturated heterocycles. The molecule has 1 amide bonds. The van der Waals surface area contributed by atoms with Gasteiger partial charge >= 0.3 is 13.8 Å². The summed E-state index contributed by atoms with van der Waals surface area (Å²) in [5, 5.41) is 12.7. The van der Waals surface area contributed by atoms with Crippen molar-refractivity contribution >= 4 is 19.7 Å². The first-order valence-electron chi connectivity index (χ1n) is 24.9. The molecule has 0 rings (SSSR count). The molecule has 0 aromatic heterocycles. The standard InChI is InChI=1S/C52H92NO8P/c1-3-5-7-9-11-13-15-17-19-21-23-24-25-26-27-28-30-32-34-36-38-40-42-44-51(55)53-46-47-60-62(57,58)61-49-50(54)48-59-52(56)45-43-41-39-37-35-33-31-29-22-20-18-16-14-12-10-8-6-4-2/h5,7,11,13,17,19-20,22-24,26-27,50,54H,3-4,6,8-10,12,14-16,18,21,25,28-49H2,1-2H3,(H,53,55)(H,57,58)/b7-5-,13-11-,19-17-,22-20-,24-23-,27-26-. The zero-order valence-electron chi connectivity index (χ0n) is 39.5. The number of ether oxygens (including phenoxy) is 1. The summed E-state index contributed by atoms with van der Waals surface area (Å²) < 4.78 is 27.0. The number of aliphatic hydroxyl groups excluding tert-OH is 1. The van der Waals surface area contributed by atoms with Crippen LogP contribution >= 0.6 is 7.82 Å². The number of phosphoric acid groups is 1. The molecule has 2 unspecified atom stereocenters. The first kappa shape index (κ1) is 59.5. The highest BCUT2D eigenvalue weighted by Crippen LogP contribution is 2.42. The van der Waals surface area contributed by atoms with Crippen LogP contribution in [0.4, 0.5) is 0 Å². The molecular formula is C52H92NO8P. The number of carbonyl (C=O) groups is 2. The van der Waals surface area contributed by atoms with Gasteiger partial charge in [-0.25, -0.2) is 4.57 Å². The van der Waals surface area contributed by atoms with Crippen LogP contribution in [0.1, 0.15) is 213 Å². The molecular weight excluding hydrogens is 798 g/mol. The van der Waals surface area contributed by atoms with Gasteiger partial charge in [0.15, 0.2) is 0 Å². The number of allylic oxidation sites excluding steroid dienone is 12. The number of carbonyl (C=O) groups excluding carboxylic acids is 2. The molecule has 0 saturated carbocycles. The Balaban J connectivity index is 3.61. The lowest BCUT2D eigenvalue weighted by molar-refractivity contribution is -0.147. The molecule has 10 heteroatoms. The molecule has 0 aromatic carbocycles. The zero-order chi connectivity index (χ0) is 45.3. The number of rotatable bonds is 46. The monoisotopic (exact) mass is 890 g/mol. The van der Waals surface area contributed by atoms with Gasteiger partial charge in [0, 0.05) is 19.4 Å². The normalized spacial score (nSPS) is 13.8. The number of amides is 1. The lowest BCUT2D eigenvalue weighted by Crippen LogP contribution is -2.27. The fourth-order valence-electron chi connectivity index (χ4n) is 6.64. The Hall–Kier alpha value is -2.55. The van der Waals surface area contributed by atoms with Crippen molar-refractivity contribution in [1.82, 2.24) is 5.32 Å². The van der Waals surface area contributed by atoms with Crippen molar-refractivity contribution in [1.29, 1.82) is 0 Å². The lowest BCUT2D eigenvalue weighted by Gasteiger charge is -2.15. The van der Waals surface area contributed by atoms with E-state index < -0.39 is 26.5 Å². The van der Waals surface area contributed by atoms with Crippen molar-refractivity contribution < 1.29 is 37.9 Å². The Labute approximate surface area is 380 Å². The average molecular weight is 890 g/mol. The highest BCUT2D eigenvalue weighted by molar-refractivity contribution is 7.47. The van der Waals surface area contributed by atoms with E-state index in [-0.39, 0.29) is 32.1 Å². The predicted molar refractivity (Wildman–Crippen MR) is 261 cm³/mol. The number of aliphatic hydroxyl groups is 1. The van der Waals surface area contributed by atoms with Gasteiger partial charge in [-0.2, -0.15) is 0 Å². The van der Waals surface area contributed by atoms with Crippen LogP contribution in [-0.4, -0.2) is 54.3 Å². The minimum Gasteiger partial charge on any atom is -0.463 e. The van der Waals surface area contributed by atoms with E-state index in [0.29, 0.717) is 6.42 Å². The third-order valence-electron chi connectivity index (χ3n) is 10.4. The third kappa shape index (κ3) is 48.5.